The molecule has 22 heavy (non-hydrogen) atoms. The zero-order chi connectivity index (χ0) is 15.4. The topological polar surface area (TPSA) is 41.6 Å². The van der Waals surface area contributed by atoms with E-state index in [1.165, 1.54) is 19.3 Å². The molecule has 1 aromatic carbocycles. The van der Waals surface area contributed by atoms with Crippen LogP contribution in [0.4, 0.5) is 0 Å². The minimum Gasteiger partial charge on any atom is -0.490 e. The Morgan fingerprint density at radius 1 is 1.18 bits per heavy atom. The molecule has 2 fully saturated rings. The lowest BCUT2D eigenvalue weighted by Crippen LogP contribution is -2.52. The Bertz CT molecular complexity index is 494. The zero-order valence-corrected chi connectivity index (χ0v) is 13.4. The summed E-state index contributed by atoms with van der Waals surface area (Å²) in [5.74, 6) is 1.01. The van der Waals surface area contributed by atoms with Gasteiger partial charge in [0.1, 0.15) is 5.75 Å². The summed E-state index contributed by atoms with van der Waals surface area (Å²) in [5.41, 5.74) is 0.754. The molecule has 4 nitrogen and oxygen atoms in total. The van der Waals surface area contributed by atoms with Crippen LogP contribution in [0.25, 0.3) is 0 Å². The molecule has 3 rings (SSSR count). The Balaban J connectivity index is 1.61. The maximum Gasteiger partial charge on any atom is 0.254 e. The van der Waals surface area contributed by atoms with E-state index >= 15 is 0 Å². The lowest BCUT2D eigenvalue weighted by molar-refractivity contribution is 0.0655. The molecule has 1 aromatic rings. The van der Waals surface area contributed by atoms with Crippen molar-refractivity contribution in [1.29, 1.82) is 0 Å². The first kappa shape index (κ1) is 15.3. The number of piperazine rings is 1. The van der Waals surface area contributed by atoms with Crippen LogP contribution in [0.1, 0.15) is 49.4 Å². The molecule has 0 radical (unpaired) electrons. The van der Waals surface area contributed by atoms with E-state index in [0.717, 1.165) is 43.8 Å². The Hall–Kier alpha value is -1.55. The monoisotopic (exact) mass is 302 g/mol. The summed E-state index contributed by atoms with van der Waals surface area (Å²) in [7, 11) is 0. The Labute approximate surface area is 132 Å². The molecule has 0 bridgehead atoms. The second-order valence-corrected chi connectivity index (χ2v) is 6.45. The molecule has 0 unspecified atom stereocenters. The molecule has 4 heteroatoms. The summed E-state index contributed by atoms with van der Waals surface area (Å²) in [6.07, 6.45) is 6.52. The van der Waals surface area contributed by atoms with Crippen LogP contribution in [-0.4, -0.2) is 42.6 Å². The van der Waals surface area contributed by atoms with E-state index in [2.05, 4.69) is 12.2 Å². The number of ether oxygens (including phenoxy) is 1. The number of benzene rings is 1. The van der Waals surface area contributed by atoms with Gasteiger partial charge in [-0.2, -0.15) is 0 Å². The summed E-state index contributed by atoms with van der Waals surface area (Å²) in [6.45, 7) is 4.61. The zero-order valence-electron chi connectivity index (χ0n) is 13.4. The Kier molecular flexibility index (Phi) is 4.98. The van der Waals surface area contributed by atoms with Crippen LogP contribution in [-0.2, 0) is 0 Å². The van der Waals surface area contributed by atoms with Gasteiger partial charge in [-0.1, -0.05) is 6.42 Å². The van der Waals surface area contributed by atoms with Crippen molar-refractivity contribution >= 4 is 5.91 Å². The van der Waals surface area contributed by atoms with Crippen LogP contribution in [0.15, 0.2) is 24.3 Å². The first-order valence-corrected chi connectivity index (χ1v) is 8.52. The van der Waals surface area contributed by atoms with Crippen LogP contribution >= 0.6 is 0 Å². The van der Waals surface area contributed by atoms with E-state index < -0.39 is 0 Å². The van der Waals surface area contributed by atoms with E-state index in [9.17, 15) is 4.79 Å². The van der Waals surface area contributed by atoms with Crippen molar-refractivity contribution in [3.8, 4) is 5.75 Å². The van der Waals surface area contributed by atoms with Gasteiger partial charge in [-0.05, 0) is 56.9 Å². The predicted octanol–water partition coefficient (Wildman–Crippen LogP) is 2.83. The van der Waals surface area contributed by atoms with Crippen LogP contribution in [0.2, 0.25) is 0 Å². The van der Waals surface area contributed by atoms with Crippen molar-refractivity contribution in [2.45, 2.75) is 51.2 Å². The normalized spacial score (nSPS) is 23.3. The highest BCUT2D eigenvalue weighted by Crippen LogP contribution is 2.24. The van der Waals surface area contributed by atoms with Gasteiger partial charge in [0.25, 0.3) is 5.91 Å². The molecule has 0 aromatic heterocycles. The van der Waals surface area contributed by atoms with E-state index in [1.54, 1.807) is 0 Å². The van der Waals surface area contributed by atoms with Gasteiger partial charge in [0.15, 0.2) is 0 Å². The molecule has 2 aliphatic rings. The molecule has 1 saturated heterocycles. The van der Waals surface area contributed by atoms with Gasteiger partial charge in [-0.15, -0.1) is 0 Å². The smallest absolute Gasteiger partial charge is 0.254 e. The quantitative estimate of drug-likeness (QED) is 0.933. The van der Waals surface area contributed by atoms with E-state index in [4.69, 9.17) is 4.74 Å². The highest BCUT2D eigenvalue weighted by Gasteiger charge is 2.24. The largest absolute Gasteiger partial charge is 0.490 e. The van der Waals surface area contributed by atoms with Gasteiger partial charge in [0, 0.05) is 31.2 Å². The van der Waals surface area contributed by atoms with E-state index in [0.29, 0.717) is 6.10 Å². The summed E-state index contributed by atoms with van der Waals surface area (Å²) in [5, 5.41) is 3.31. The number of hydrogen-bond donors (Lipinski definition) is 1. The highest BCUT2D eigenvalue weighted by atomic mass is 16.5. The maximum absolute atomic E-state index is 12.6. The van der Waals surface area contributed by atoms with Gasteiger partial charge in [-0.3, -0.25) is 4.79 Å². The maximum atomic E-state index is 12.6. The highest BCUT2D eigenvalue weighted by molar-refractivity contribution is 5.94. The Morgan fingerprint density at radius 3 is 2.59 bits per heavy atom. The molecule has 1 heterocycles. The van der Waals surface area contributed by atoms with Crippen molar-refractivity contribution in [3.05, 3.63) is 29.8 Å². The van der Waals surface area contributed by atoms with Gasteiger partial charge in [0.05, 0.1) is 6.10 Å². The van der Waals surface area contributed by atoms with Crippen LogP contribution < -0.4 is 10.1 Å². The molecule has 1 aliphatic heterocycles. The van der Waals surface area contributed by atoms with Crippen LogP contribution in [0, 0.1) is 0 Å². The molecule has 1 aliphatic carbocycles. The molecule has 1 saturated carbocycles. The molecule has 1 amide bonds. The predicted molar refractivity (Wildman–Crippen MR) is 87.3 cm³/mol. The molecular formula is C18H26N2O2. The average molecular weight is 302 g/mol. The number of hydrogen-bond acceptors (Lipinski definition) is 3. The van der Waals surface area contributed by atoms with Crippen molar-refractivity contribution in [2.24, 2.45) is 0 Å². The number of carbonyl (C=O) groups is 1. The van der Waals surface area contributed by atoms with Crippen molar-refractivity contribution in [1.82, 2.24) is 10.2 Å². The fourth-order valence-corrected chi connectivity index (χ4v) is 3.36. The van der Waals surface area contributed by atoms with Crippen LogP contribution in [0.3, 0.4) is 0 Å². The third-order valence-electron chi connectivity index (χ3n) is 4.72. The molecule has 1 N–H and O–H groups in total. The third-order valence-corrected chi connectivity index (χ3v) is 4.72. The molecule has 1 atom stereocenters. The van der Waals surface area contributed by atoms with Gasteiger partial charge < -0.3 is 15.0 Å². The summed E-state index contributed by atoms with van der Waals surface area (Å²) in [4.78, 5) is 14.5. The van der Waals surface area contributed by atoms with E-state index in [1.807, 2.05) is 29.2 Å². The number of rotatable bonds is 3. The second kappa shape index (κ2) is 7.14. The lowest BCUT2D eigenvalue weighted by Gasteiger charge is -2.34. The third kappa shape index (κ3) is 3.61. The number of amides is 1. The first-order valence-electron chi connectivity index (χ1n) is 8.52. The minimum absolute atomic E-state index is 0.123. The number of nitrogens with one attached hydrogen (secondary N) is 1. The standard InChI is InChI=1S/C18H26N2O2/c1-14-13-19-11-12-20(14)18(21)15-7-9-17(10-8-15)22-16-5-3-2-4-6-16/h7-10,14,16,19H,2-6,11-13H2,1H3/t14-/m1/s1. The van der Waals surface area contributed by atoms with Crippen molar-refractivity contribution in [2.75, 3.05) is 19.6 Å². The average Bonchev–Trinajstić information content (AvgIpc) is 2.56. The fraction of sp³-hybridized carbons (Fsp3) is 0.611. The number of nitrogens with zero attached hydrogens (tertiary/aromatic N) is 1. The summed E-state index contributed by atoms with van der Waals surface area (Å²) < 4.78 is 6.02. The molecular weight excluding hydrogens is 276 g/mol. The van der Waals surface area contributed by atoms with Crippen molar-refractivity contribution < 1.29 is 9.53 Å². The van der Waals surface area contributed by atoms with E-state index in [-0.39, 0.29) is 11.9 Å². The first-order chi connectivity index (χ1) is 10.7. The fourth-order valence-electron chi connectivity index (χ4n) is 3.36. The van der Waals surface area contributed by atoms with Crippen LogP contribution in [0.5, 0.6) is 5.75 Å². The van der Waals surface area contributed by atoms with Gasteiger partial charge in [-0.25, -0.2) is 0 Å². The second-order valence-electron chi connectivity index (χ2n) is 6.45. The molecule has 120 valence electrons. The summed E-state index contributed by atoms with van der Waals surface area (Å²) in [6, 6.07) is 7.92. The van der Waals surface area contributed by atoms with Crippen molar-refractivity contribution in [3.63, 3.8) is 0 Å². The molecule has 0 spiro atoms. The minimum atomic E-state index is 0.123. The Morgan fingerprint density at radius 2 is 1.91 bits per heavy atom. The van der Waals surface area contributed by atoms with Gasteiger partial charge >= 0.3 is 0 Å². The SMILES string of the molecule is C[C@@H]1CNCCN1C(=O)c1ccc(OC2CCCCC2)cc1. The lowest BCUT2D eigenvalue weighted by atomic mass is 9.98. The van der Waals surface area contributed by atoms with Gasteiger partial charge in [0.2, 0.25) is 0 Å². The number of carbonyl (C=O) groups excluding carboxylic acids is 1. The summed E-state index contributed by atoms with van der Waals surface area (Å²) >= 11 is 0.